The van der Waals surface area contributed by atoms with Gasteiger partial charge in [-0.15, -0.1) is 0 Å². The summed E-state index contributed by atoms with van der Waals surface area (Å²) in [6.45, 7) is 32.4. The molecule has 4 heteroatoms. The molecular formula is C27H52N4. The summed E-state index contributed by atoms with van der Waals surface area (Å²) in [5, 5.41) is 0. The van der Waals surface area contributed by atoms with E-state index in [9.17, 15) is 0 Å². The summed E-state index contributed by atoms with van der Waals surface area (Å²) in [5.41, 5.74) is 1.56. The Bertz CT molecular complexity index is 626. The van der Waals surface area contributed by atoms with Crippen molar-refractivity contribution in [2.24, 2.45) is 17.3 Å². The highest BCUT2D eigenvalue weighted by Gasteiger charge is 2.51. The van der Waals surface area contributed by atoms with Crippen molar-refractivity contribution in [3.63, 3.8) is 0 Å². The summed E-state index contributed by atoms with van der Waals surface area (Å²) in [7, 11) is 0. The Morgan fingerprint density at radius 3 is 1.68 bits per heavy atom. The zero-order valence-electron chi connectivity index (χ0n) is 22.3. The van der Waals surface area contributed by atoms with E-state index in [1.807, 2.05) is 0 Å². The molecule has 0 radical (unpaired) electrons. The molecule has 0 aromatic heterocycles. The summed E-state index contributed by atoms with van der Waals surface area (Å²) in [6, 6.07) is 0.712. The maximum atomic E-state index is 2.84. The van der Waals surface area contributed by atoms with Gasteiger partial charge in [0.1, 0.15) is 0 Å². The smallest absolute Gasteiger partial charge is 0.0154 e. The van der Waals surface area contributed by atoms with Gasteiger partial charge >= 0.3 is 0 Å². The molecule has 0 aromatic carbocycles. The lowest BCUT2D eigenvalue weighted by Gasteiger charge is -2.51. The average Bonchev–Trinajstić information content (AvgIpc) is 3.30. The lowest BCUT2D eigenvalue weighted by Crippen LogP contribution is -2.60. The number of rotatable bonds is 6. The first kappa shape index (κ1) is 24.0. The number of fused-ring (bicyclic) bond motifs is 1. The molecule has 2 unspecified atom stereocenters. The summed E-state index contributed by atoms with van der Waals surface area (Å²) in [4.78, 5) is 11.1. The van der Waals surface area contributed by atoms with E-state index >= 15 is 0 Å². The molecule has 2 atom stereocenters. The molecule has 4 nitrogen and oxygen atoms in total. The molecule has 4 aliphatic rings. The molecule has 4 aliphatic heterocycles. The van der Waals surface area contributed by atoms with Gasteiger partial charge in [0.2, 0.25) is 0 Å². The molecule has 4 rings (SSSR count). The largest absolute Gasteiger partial charge is 0.300 e. The third kappa shape index (κ3) is 4.74. The Labute approximate surface area is 193 Å². The Balaban J connectivity index is 1.27. The van der Waals surface area contributed by atoms with Crippen molar-refractivity contribution < 1.29 is 0 Å². The van der Waals surface area contributed by atoms with Gasteiger partial charge in [0.05, 0.1) is 0 Å². The molecule has 0 bridgehead atoms. The van der Waals surface area contributed by atoms with Crippen molar-refractivity contribution in [3.8, 4) is 0 Å². The SMILES string of the molecule is CC(C)N1CC2(CCN(C(C)(C)CCC(C)(C)N3CC4CN(C(C)(C)C)CC4C3)C2)C1. The van der Waals surface area contributed by atoms with E-state index in [-0.39, 0.29) is 0 Å². The van der Waals surface area contributed by atoms with Crippen LogP contribution < -0.4 is 0 Å². The van der Waals surface area contributed by atoms with Gasteiger partial charge in [-0.25, -0.2) is 0 Å². The van der Waals surface area contributed by atoms with Gasteiger partial charge in [0.15, 0.2) is 0 Å². The van der Waals surface area contributed by atoms with Gasteiger partial charge in [-0.2, -0.15) is 0 Å². The minimum Gasteiger partial charge on any atom is -0.300 e. The van der Waals surface area contributed by atoms with Crippen LogP contribution in [0.3, 0.4) is 0 Å². The van der Waals surface area contributed by atoms with Crippen LogP contribution in [0.25, 0.3) is 0 Å². The monoisotopic (exact) mass is 432 g/mol. The second-order valence-electron chi connectivity index (χ2n) is 14.3. The van der Waals surface area contributed by atoms with Crippen LogP contribution in [0.2, 0.25) is 0 Å². The van der Waals surface area contributed by atoms with E-state index in [2.05, 4.69) is 81.9 Å². The molecule has 4 saturated heterocycles. The van der Waals surface area contributed by atoms with E-state index < -0.39 is 0 Å². The van der Waals surface area contributed by atoms with Gasteiger partial charge in [-0.1, -0.05) is 0 Å². The van der Waals surface area contributed by atoms with Gasteiger partial charge in [-0.05, 0) is 100.0 Å². The van der Waals surface area contributed by atoms with E-state index in [4.69, 9.17) is 0 Å². The summed E-state index contributed by atoms with van der Waals surface area (Å²) >= 11 is 0. The van der Waals surface area contributed by atoms with E-state index in [1.165, 1.54) is 71.6 Å². The van der Waals surface area contributed by atoms with Crippen LogP contribution in [0.15, 0.2) is 0 Å². The predicted octanol–water partition coefficient (Wildman–Crippen LogP) is 4.40. The first-order valence-electron chi connectivity index (χ1n) is 13.2. The number of nitrogens with zero attached hydrogens (tertiary/aromatic N) is 4. The minimum atomic E-state index is 0.316. The Morgan fingerprint density at radius 1 is 0.710 bits per heavy atom. The first-order chi connectivity index (χ1) is 14.2. The molecular weight excluding hydrogens is 380 g/mol. The van der Waals surface area contributed by atoms with Gasteiger partial charge in [-0.3, -0.25) is 19.6 Å². The lowest BCUT2D eigenvalue weighted by atomic mass is 9.78. The van der Waals surface area contributed by atoms with Crippen LogP contribution in [0.4, 0.5) is 0 Å². The van der Waals surface area contributed by atoms with Gasteiger partial charge in [0, 0.05) is 73.9 Å². The topological polar surface area (TPSA) is 13.0 Å². The molecule has 4 fully saturated rings. The summed E-state index contributed by atoms with van der Waals surface area (Å²) < 4.78 is 0. The Morgan fingerprint density at radius 2 is 1.19 bits per heavy atom. The highest BCUT2D eigenvalue weighted by molar-refractivity contribution is 5.05. The van der Waals surface area contributed by atoms with Crippen LogP contribution >= 0.6 is 0 Å². The molecule has 0 aliphatic carbocycles. The van der Waals surface area contributed by atoms with Crippen molar-refractivity contribution in [1.29, 1.82) is 0 Å². The second-order valence-corrected chi connectivity index (χ2v) is 14.3. The van der Waals surface area contributed by atoms with Crippen molar-refractivity contribution in [2.45, 2.75) is 104 Å². The van der Waals surface area contributed by atoms with Gasteiger partial charge in [0.25, 0.3) is 0 Å². The van der Waals surface area contributed by atoms with Crippen molar-refractivity contribution in [1.82, 2.24) is 19.6 Å². The Kier molecular flexibility index (Phi) is 6.16. The van der Waals surface area contributed by atoms with E-state index in [1.54, 1.807) is 0 Å². The standard InChI is InChI=1S/C27H52N4/c1-21(2)28-18-27(19-28)12-13-29(20-27)25(6,7)10-11-26(8,9)31-16-22-14-30(24(3,4)5)15-23(22)17-31/h21-23H,10-20H2,1-9H3. The summed E-state index contributed by atoms with van der Waals surface area (Å²) in [5.74, 6) is 1.76. The van der Waals surface area contributed by atoms with E-state index in [0.717, 1.165) is 11.8 Å². The minimum absolute atomic E-state index is 0.316. The quantitative estimate of drug-likeness (QED) is 0.616. The molecule has 31 heavy (non-hydrogen) atoms. The lowest BCUT2D eigenvalue weighted by molar-refractivity contribution is -0.0230. The highest BCUT2D eigenvalue weighted by Crippen LogP contribution is 2.44. The molecule has 0 saturated carbocycles. The number of hydrogen-bond donors (Lipinski definition) is 0. The molecule has 0 N–H and O–H groups in total. The first-order valence-corrected chi connectivity index (χ1v) is 13.2. The predicted molar refractivity (Wildman–Crippen MR) is 133 cm³/mol. The van der Waals surface area contributed by atoms with Crippen molar-refractivity contribution in [3.05, 3.63) is 0 Å². The zero-order chi connectivity index (χ0) is 22.8. The van der Waals surface area contributed by atoms with Crippen LogP contribution in [0.5, 0.6) is 0 Å². The van der Waals surface area contributed by atoms with E-state index in [0.29, 0.717) is 28.1 Å². The normalized spacial score (nSPS) is 31.2. The highest BCUT2D eigenvalue weighted by atomic mass is 15.3. The van der Waals surface area contributed by atoms with Gasteiger partial charge < -0.3 is 0 Å². The number of hydrogen-bond acceptors (Lipinski definition) is 4. The third-order valence-electron chi connectivity index (χ3n) is 9.74. The molecule has 180 valence electrons. The molecule has 0 amide bonds. The molecule has 0 aromatic rings. The van der Waals surface area contributed by atoms with Crippen LogP contribution in [0, 0.1) is 17.3 Å². The Hall–Kier alpha value is -0.160. The zero-order valence-corrected chi connectivity index (χ0v) is 22.3. The van der Waals surface area contributed by atoms with Crippen molar-refractivity contribution >= 4 is 0 Å². The van der Waals surface area contributed by atoms with Crippen LogP contribution in [-0.2, 0) is 0 Å². The van der Waals surface area contributed by atoms with Crippen LogP contribution in [0.1, 0.15) is 81.6 Å². The summed E-state index contributed by atoms with van der Waals surface area (Å²) in [6.07, 6.45) is 4.02. The maximum absolute atomic E-state index is 2.84. The fourth-order valence-corrected chi connectivity index (χ4v) is 6.85. The molecule has 4 heterocycles. The third-order valence-corrected chi connectivity index (χ3v) is 9.74. The fourth-order valence-electron chi connectivity index (χ4n) is 6.85. The molecule has 1 spiro atoms. The van der Waals surface area contributed by atoms with Crippen molar-refractivity contribution in [2.75, 3.05) is 52.4 Å². The second kappa shape index (κ2) is 7.96. The average molecular weight is 433 g/mol. The number of likely N-dealkylation sites (tertiary alicyclic amines) is 4. The van der Waals surface area contributed by atoms with Crippen LogP contribution in [-0.4, -0.2) is 94.6 Å². The fraction of sp³-hybridized carbons (Fsp3) is 1.00. The maximum Gasteiger partial charge on any atom is 0.0154 e.